The maximum atomic E-state index is 11.2. The molecule has 168 valence electrons. The Morgan fingerprint density at radius 2 is 1.00 bits per heavy atom. The summed E-state index contributed by atoms with van der Waals surface area (Å²) in [7, 11) is -23.2. The number of rotatable bonds is 4. The molecule has 2 aromatic rings. The fourth-order valence-corrected chi connectivity index (χ4v) is 6.46. The van der Waals surface area contributed by atoms with Crippen LogP contribution < -0.4 is 0 Å². The fourth-order valence-electron chi connectivity index (χ4n) is 1.85. The molecule has 18 heteroatoms. The molecule has 0 spiro atoms. The Morgan fingerprint density at radius 1 is 0.600 bits per heavy atom. The van der Waals surface area contributed by atoms with E-state index in [1.165, 1.54) is 0 Å². The van der Waals surface area contributed by atoms with E-state index < -0.39 is 65.8 Å². The Morgan fingerprint density at radius 3 is 1.23 bits per heavy atom. The van der Waals surface area contributed by atoms with Crippen molar-refractivity contribution in [3.63, 3.8) is 0 Å². The van der Waals surface area contributed by atoms with Crippen LogP contribution in [0.15, 0.2) is 56.0 Å². The van der Waals surface area contributed by atoms with Gasteiger partial charge in [-0.3, -0.25) is 18.2 Å². The van der Waals surface area contributed by atoms with E-state index in [4.69, 9.17) is 18.2 Å². The average molecular weight is 587 g/mol. The van der Waals surface area contributed by atoms with Crippen LogP contribution in [0.25, 0.3) is 0 Å². The summed E-state index contributed by atoms with van der Waals surface area (Å²) in [5, 5.41) is 9.36. The van der Waals surface area contributed by atoms with E-state index in [9.17, 15) is 38.8 Å². The van der Waals surface area contributed by atoms with E-state index in [-0.39, 0.29) is 27.1 Å². The predicted molar refractivity (Wildman–Crippen MR) is 92.6 cm³/mol. The minimum atomic E-state index is -5.95. The molecule has 5 N–H and O–H groups in total. The van der Waals surface area contributed by atoms with Crippen molar-refractivity contribution in [3.05, 3.63) is 42.5 Å². The first-order valence-corrected chi connectivity index (χ1v) is 12.4. The average Bonchev–Trinajstić information content (AvgIpc) is 2.52. The molecule has 0 atom stereocenters. The molecule has 0 aliphatic rings. The van der Waals surface area contributed by atoms with Gasteiger partial charge in [0, 0.05) is 27.1 Å². The SMILES string of the molecule is O=S(=O)(O)c1cc(O)c(S(=O)(=O)O)c(S(=O)(=O)O)c1S(=O)(=O)O.[Mo].[c-]1ccccc1. The number of benzene rings is 2. The van der Waals surface area contributed by atoms with Gasteiger partial charge in [0.15, 0.2) is 4.90 Å². The summed E-state index contributed by atoms with van der Waals surface area (Å²) in [5.74, 6) is -1.85. The van der Waals surface area contributed by atoms with E-state index in [1.807, 2.05) is 30.3 Å². The Bertz CT molecular complexity index is 1300. The van der Waals surface area contributed by atoms with E-state index in [1.54, 1.807) is 0 Å². The van der Waals surface area contributed by atoms with Crippen LogP contribution in [0.4, 0.5) is 0 Å². The summed E-state index contributed by atoms with van der Waals surface area (Å²) in [5.41, 5.74) is 0. The summed E-state index contributed by atoms with van der Waals surface area (Å²) in [6.45, 7) is 0. The molecule has 13 nitrogen and oxygen atoms in total. The second-order valence-corrected chi connectivity index (χ2v) is 10.3. The van der Waals surface area contributed by atoms with E-state index >= 15 is 0 Å². The zero-order valence-electron chi connectivity index (χ0n) is 14.0. The third kappa shape index (κ3) is 7.36. The molecule has 0 aliphatic carbocycles. The van der Waals surface area contributed by atoms with Gasteiger partial charge in [-0.2, -0.15) is 70.1 Å². The topological polar surface area (TPSA) is 238 Å². The zero-order chi connectivity index (χ0) is 22.8. The van der Waals surface area contributed by atoms with Crippen molar-refractivity contribution in [2.45, 2.75) is 19.6 Å². The smallest absolute Gasteiger partial charge is 0.299 e. The summed E-state index contributed by atoms with van der Waals surface area (Å²) < 4.78 is 125. The minimum Gasteiger partial charge on any atom is -0.506 e. The summed E-state index contributed by atoms with van der Waals surface area (Å²) in [6, 6.07) is 12.2. The molecule has 0 radical (unpaired) electrons. The standard InChI is InChI=1S/C6H6O13S4.C6H5.Mo/c7-2-1-3(20(8,9)10)5(22(14,15)16)6(23(17,18)19)4(2)21(11,12)13;1-2-4-6-5-3-1;/h1,7H,(H,8,9,10)(H,11,12,13)(H,14,15,16)(H,17,18,19);1-5H;/q;-1;. The number of hydrogen-bond donors (Lipinski definition) is 5. The van der Waals surface area contributed by atoms with Crippen LogP contribution in [0.2, 0.25) is 0 Å². The van der Waals surface area contributed by atoms with Crippen molar-refractivity contribution in [3.8, 4) is 5.75 Å². The maximum Gasteiger partial charge on any atom is 0.299 e. The van der Waals surface area contributed by atoms with Gasteiger partial charge in [-0.1, -0.05) is 0 Å². The first-order valence-electron chi connectivity index (χ1n) is 6.59. The Kier molecular flexibility index (Phi) is 9.33. The molecule has 0 heterocycles. The minimum absolute atomic E-state index is 0. The van der Waals surface area contributed by atoms with Crippen LogP contribution >= 0.6 is 0 Å². The van der Waals surface area contributed by atoms with Crippen LogP contribution in [0.1, 0.15) is 0 Å². The predicted octanol–water partition coefficient (Wildman–Crippen LogP) is -0.137. The monoisotopic (exact) mass is 589 g/mol. The molecule has 0 amide bonds. The molecule has 0 saturated heterocycles. The number of hydrogen-bond acceptors (Lipinski definition) is 9. The number of phenolic OH excluding ortho intramolecular Hbond substituents is 1. The number of aromatic hydroxyl groups is 1. The van der Waals surface area contributed by atoms with Crippen molar-refractivity contribution >= 4 is 40.5 Å². The Labute approximate surface area is 185 Å². The molecule has 2 aromatic carbocycles. The maximum absolute atomic E-state index is 11.2. The fraction of sp³-hybridized carbons (Fsp3) is 0. The van der Waals surface area contributed by atoms with Crippen LogP contribution in [-0.4, -0.2) is 57.0 Å². The van der Waals surface area contributed by atoms with Crippen LogP contribution in [-0.2, 0) is 61.5 Å². The van der Waals surface area contributed by atoms with Crippen molar-refractivity contribution in [2.24, 2.45) is 0 Å². The van der Waals surface area contributed by atoms with Crippen molar-refractivity contribution in [1.29, 1.82) is 0 Å². The van der Waals surface area contributed by atoms with Crippen LogP contribution in [0.3, 0.4) is 0 Å². The molecule has 0 aromatic heterocycles. The molecule has 30 heavy (non-hydrogen) atoms. The zero-order valence-corrected chi connectivity index (χ0v) is 19.3. The van der Waals surface area contributed by atoms with Crippen molar-refractivity contribution in [1.82, 2.24) is 0 Å². The van der Waals surface area contributed by atoms with Gasteiger partial charge in [-0.15, -0.1) is 0 Å². The van der Waals surface area contributed by atoms with Crippen LogP contribution in [0, 0.1) is 6.07 Å². The van der Waals surface area contributed by atoms with Crippen molar-refractivity contribution < 1.29 is 78.1 Å². The second-order valence-electron chi connectivity index (χ2n) is 4.86. The largest absolute Gasteiger partial charge is 0.506 e. The van der Waals surface area contributed by atoms with E-state index in [0.717, 1.165) is 0 Å². The Hall–Kier alpha value is -1.43. The summed E-state index contributed by atoms with van der Waals surface area (Å²) in [6.07, 6.45) is 0. The van der Waals surface area contributed by atoms with Gasteiger partial charge >= 0.3 is 0 Å². The molecular formula is C12H11MoO13S4-. The van der Waals surface area contributed by atoms with E-state index in [0.29, 0.717) is 0 Å². The third-order valence-corrected chi connectivity index (χ3v) is 6.85. The molecule has 0 fully saturated rings. The van der Waals surface area contributed by atoms with Gasteiger partial charge in [-0.25, -0.2) is 0 Å². The third-order valence-electron chi connectivity index (χ3n) is 2.80. The first-order chi connectivity index (χ1) is 12.9. The van der Waals surface area contributed by atoms with Gasteiger partial charge in [0.05, 0.1) is 0 Å². The first kappa shape index (κ1) is 28.6. The van der Waals surface area contributed by atoms with Crippen LogP contribution in [0.5, 0.6) is 5.75 Å². The molecule has 0 aliphatic heterocycles. The molecule has 0 unspecified atom stereocenters. The molecule has 2 rings (SSSR count). The second kappa shape index (κ2) is 9.80. The quantitative estimate of drug-likeness (QED) is 0.178. The van der Waals surface area contributed by atoms with Gasteiger partial charge in [0.2, 0.25) is 0 Å². The van der Waals surface area contributed by atoms with Gasteiger partial charge in [0.25, 0.3) is 40.5 Å². The summed E-state index contributed by atoms with van der Waals surface area (Å²) in [4.78, 5) is -8.74. The van der Waals surface area contributed by atoms with Crippen molar-refractivity contribution in [2.75, 3.05) is 0 Å². The number of phenols is 1. The summed E-state index contributed by atoms with van der Waals surface area (Å²) >= 11 is 0. The van der Waals surface area contributed by atoms with Gasteiger partial charge in [-0.05, 0) is 0 Å². The molecule has 0 bridgehead atoms. The Balaban J connectivity index is 0.00000103. The van der Waals surface area contributed by atoms with E-state index in [2.05, 4.69) is 6.07 Å². The van der Waals surface area contributed by atoms with Gasteiger partial charge < -0.3 is 5.11 Å². The molecule has 0 saturated carbocycles. The normalized spacial score (nSPS) is 12.3. The van der Waals surface area contributed by atoms with Gasteiger partial charge in [0.1, 0.15) is 20.4 Å². The molecular weight excluding hydrogens is 576 g/mol.